The first kappa shape index (κ1) is 22.0. The standard InChI is InChI=1S/C24H32N4O2/c1-17-5-8-20(9-6-17)22(28-13-11-27(4)12-14-28)16-25-23(29)24(30)26-21-10-7-18(2)15-19(21)3/h5-10,15,22H,11-14,16H2,1-4H3,(H,25,29)(H,26,30)/t22-/m1/s1. The van der Waals surface area contributed by atoms with Crippen molar-refractivity contribution in [3.8, 4) is 0 Å². The second-order valence-corrected chi connectivity index (χ2v) is 8.25. The second-order valence-electron chi connectivity index (χ2n) is 8.25. The van der Waals surface area contributed by atoms with Crippen molar-refractivity contribution in [3.63, 3.8) is 0 Å². The van der Waals surface area contributed by atoms with E-state index in [1.807, 2.05) is 32.0 Å². The molecule has 6 heteroatoms. The molecule has 0 saturated carbocycles. The van der Waals surface area contributed by atoms with E-state index in [1.165, 1.54) is 5.56 Å². The van der Waals surface area contributed by atoms with Crippen LogP contribution in [-0.2, 0) is 9.59 Å². The highest BCUT2D eigenvalue weighted by Crippen LogP contribution is 2.22. The molecule has 2 aromatic rings. The molecule has 0 aliphatic carbocycles. The van der Waals surface area contributed by atoms with Crippen molar-refractivity contribution in [3.05, 3.63) is 64.7 Å². The average molecular weight is 409 g/mol. The molecule has 30 heavy (non-hydrogen) atoms. The summed E-state index contributed by atoms with van der Waals surface area (Å²) in [6.07, 6.45) is 0. The molecule has 1 aliphatic heterocycles. The molecule has 0 unspecified atom stereocenters. The van der Waals surface area contributed by atoms with Crippen molar-refractivity contribution in [2.75, 3.05) is 45.1 Å². The van der Waals surface area contributed by atoms with E-state index in [0.717, 1.165) is 42.9 Å². The zero-order chi connectivity index (χ0) is 21.7. The summed E-state index contributed by atoms with van der Waals surface area (Å²) >= 11 is 0. The maximum Gasteiger partial charge on any atom is 0.313 e. The molecule has 2 N–H and O–H groups in total. The lowest BCUT2D eigenvalue weighted by molar-refractivity contribution is -0.136. The fraction of sp³-hybridized carbons (Fsp3) is 0.417. The zero-order valence-electron chi connectivity index (χ0n) is 18.4. The Labute approximate surface area is 179 Å². The van der Waals surface area contributed by atoms with Crippen LogP contribution >= 0.6 is 0 Å². The Morgan fingerprint density at radius 1 is 0.900 bits per heavy atom. The first-order valence-corrected chi connectivity index (χ1v) is 10.5. The highest BCUT2D eigenvalue weighted by atomic mass is 16.2. The summed E-state index contributed by atoms with van der Waals surface area (Å²) in [7, 11) is 2.12. The van der Waals surface area contributed by atoms with Crippen LogP contribution in [0.1, 0.15) is 28.3 Å². The van der Waals surface area contributed by atoms with Crippen molar-refractivity contribution in [2.24, 2.45) is 0 Å². The molecule has 1 aliphatic rings. The van der Waals surface area contributed by atoms with Gasteiger partial charge in [-0.3, -0.25) is 14.5 Å². The van der Waals surface area contributed by atoms with Crippen molar-refractivity contribution in [1.82, 2.24) is 15.1 Å². The summed E-state index contributed by atoms with van der Waals surface area (Å²) < 4.78 is 0. The van der Waals surface area contributed by atoms with Gasteiger partial charge in [0.1, 0.15) is 0 Å². The lowest BCUT2D eigenvalue weighted by atomic mass is 10.0. The molecule has 6 nitrogen and oxygen atoms in total. The van der Waals surface area contributed by atoms with Gasteiger partial charge in [0.05, 0.1) is 6.04 Å². The number of carbonyl (C=O) groups is 2. The minimum atomic E-state index is -0.636. The number of hydrogen-bond acceptors (Lipinski definition) is 4. The van der Waals surface area contributed by atoms with Gasteiger partial charge in [0.25, 0.3) is 0 Å². The van der Waals surface area contributed by atoms with Crippen LogP contribution in [0, 0.1) is 20.8 Å². The van der Waals surface area contributed by atoms with E-state index in [-0.39, 0.29) is 6.04 Å². The fourth-order valence-corrected chi connectivity index (χ4v) is 3.78. The van der Waals surface area contributed by atoms with Crippen LogP contribution in [0.2, 0.25) is 0 Å². The van der Waals surface area contributed by atoms with Gasteiger partial charge in [0.15, 0.2) is 0 Å². The highest BCUT2D eigenvalue weighted by molar-refractivity contribution is 6.39. The Kier molecular flexibility index (Phi) is 7.24. The van der Waals surface area contributed by atoms with Gasteiger partial charge in [-0.1, -0.05) is 47.5 Å². The van der Waals surface area contributed by atoms with E-state index in [2.05, 4.69) is 58.7 Å². The van der Waals surface area contributed by atoms with Gasteiger partial charge in [-0.2, -0.15) is 0 Å². The van der Waals surface area contributed by atoms with Crippen molar-refractivity contribution < 1.29 is 9.59 Å². The minimum Gasteiger partial charge on any atom is -0.346 e. The Hall–Kier alpha value is -2.70. The lowest BCUT2D eigenvalue weighted by Gasteiger charge is -2.38. The van der Waals surface area contributed by atoms with Gasteiger partial charge in [0.2, 0.25) is 0 Å². The van der Waals surface area contributed by atoms with E-state index < -0.39 is 11.8 Å². The van der Waals surface area contributed by atoms with Gasteiger partial charge in [-0.25, -0.2) is 0 Å². The minimum absolute atomic E-state index is 0.0390. The molecule has 0 radical (unpaired) electrons. The largest absolute Gasteiger partial charge is 0.346 e. The highest BCUT2D eigenvalue weighted by Gasteiger charge is 2.25. The predicted molar refractivity (Wildman–Crippen MR) is 121 cm³/mol. The molecule has 3 rings (SSSR count). The monoisotopic (exact) mass is 408 g/mol. The molecule has 2 amide bonds. The molecular weight excluding hydrogens is 376 g/mol. The van der Waals surface area contributed by atoms with Crippen LogP contribution in [0.25, 0.3) is 0 Å². The maximum absolute atomic E-state index is 12.5. The van der Waals surface area contributed by atoms with Crippen LogP contribution in [0.3, 0.4) is 0 Å². The number of carbonyl (C=O) groups excluding carboxylic acids is 2. The summed E-state index contributed by atoms with van der Waals surface area (Å²) in [5.41, 5.74) is 5.07. The number of nitrogens with one attached hydrogen (secondary N) is 2. The summed E-state index contributed by atoms with van der Waals surface area (Å²) in [5.74, 6) is -1.25. The van der Waals surface area contributed by atoms with Gasteiger partial charge >= 0.3 is 11.8 Å². The Morgan fingerprint density at radius 3 is 2.17 bits per heavy atom. The van der Waals surface area contributed by atoms with Crippen LogP contribution in [-0.4, -0.2) is 61.4 Å². The predicted octanol–water partition coefficient (Wildman–Crippen LogP) is 2.66. The molecule has 160 valence electrons. The van der Waals surface area contributed by atoms with Gasteiger partial charge in [-0.15, -0.1) is 0 Å². The number of aryl methyl sites for hydroxylation is 3. The van der Waals surface area contributed by atoms with E-state index in [9.17, 15) is 9.59 Å². The normalized spacial score (nSPS) is 16.1. The third kappa shape index (κ3) is 5.68. The van der Waals surface area contributed by atoms with Crippen LogP contribution in [0.4, 0.5) is 5.69 Å². The fourth-order valence-electron chi connectivity index (χ4n) is 3.78. The van der Waals surface area contributed by atoms with E-state index in [0.29, 0.717) is 12.2 Å². The van der Waals surface area contributed by atoms with Crippen LogP contribution in [0.15, 0.2) is 42.5 Å². The first-order valence-electron chi connectivity index (χ1n) is 10.5. The number of likely N-dealkylation sites (N-methyl/N-ethyl adjacent to an activating group) is 1. The zero-order valence-corrected chi connectivity index (χ0v) is 18.4. The number of amides is 2. The summed E-state index contributed by atoms with van der Waals surface area (Å²) in [6.45, 7) is 10.2. The average Bonchev–Trinajstić information content (AvgIpc) is 2.72. The third-order valence-electron chi connectivity index (χ3n) is 5.73. The number of rotatable bonds is 5. The van der Waals surface area contributed by atoms with Gasteiger partial charge < -0.3 is 15.5 Å². The second kappa shape index (κ2) is 9.87. The summed E-state index contributed by atoms with van der Waals surface area (Å²) in [5, 5.41) is 5.57. The molecule has 1 saturated heterocycles. The molecular formula is C24H32N4O2. The van der Waals surface area contributed by atoms with Crippen molar-refractivity contribution in [1.29, 1.82) is 0 Å². The quantitative estimate of drug-likeness (QED) is 0.747. The molecule has 2 aromatic carbocycles. The van der Waals surface area contributed by atoms with Crippen molar-refractivity contribution >= 4 is 17.5 Å². The molecule has 1 heterocycles. The number of piperazine rings is 1. The molecule has 0 spiro atoms. The van der Waals surface area contributed by atoms with Gasteiger partial charge in [-0.05, 0) is 45.0 Å². The van der Waals surface area contributed by atoms with Crippen LogP contribution < -0.4 is 10.6 Å². The van der Waals surface area contributed by atoms with E-state index >= 15 is 0 Å². The summed E-state index contributed by atoms with van der Waals surface area (Å²) in [4.78, 5) is 29.6. The van der Waals surface area contributed by atoms with Crippen LogP contribution in [0.5, 0.6) is 0 Å². The van der Waals surface area contributed by atoms with E-state index in [1.54, 1.807) is 0 Å². The molecule has 1 atom stereocenters. The third-order valence-corrected chi connectivity index (χ3v) is 5.73. The van der Waals surface area contributed by atoms with E-state index in [4.69, 9.17) is 0 Å². The SMILES string of the molecule is Cc1ccc([C@@H](CNC(=O)C(=O)Nc2ccc(C)cc2C)N2CCN(C)CC2)cc1. The Bertz CT molecular complexity index is 887. The molecule has 1 fully saturated rings. The smallest absolute Gasteiger partial charge is 0.313 e. The van der Waals surface area contributed by atoms with Gasteiger partial charge in [0, 0.05) is 38.4 Å². The summed E-state index contributed by atoms with van der Waals surface area (Å²) in [6, 6.07) is 14.2. The molecule has 0 bridgehead atoms. The number of nitrogens with zero attached hydrogens (tertiary/aromatic N) is 2. The topological polar surface area (TPSA) is 64.7 Å². The number of anilines is 1. The Morgan fingerprint density at radius 2 is 1.53 bits per heavy atom. The number of hydrogen-bond donors (Lipinski definition) is 2. The maximum atomic E-state index is 12.5. The lowest BCUT2D eigenvalue weighted by Crippen LogP contribution is -2.49. The first-order chi connectivity index (χ1) is 14.3. The van der Waals surface area contributed by atoms with Crippen molar-refractivity contribution in [2.45, 2.75) is 26.8 Å². The Balaban J connectivity index is 1.65. The molecule has 0 aromatic heterocycles. The number of benzene rings is 2.